The van der Waals surface area contributed by atoms with Crippen molar-refractivity contribution in [3.05, 3.63) is 29.8 Å². The molecule has 2 unspecified atom stereocenters. The Bertz CT molecular complexity index is 624. The predicted molar refractivity (Wildman–Crippen MR) is 118 cm³/mol. The molecule has 7 heteroatoms. The number of nitrogens with zero attached hydrogens (tertiary/aromatic N) is 3. The fraction of sp³-hybridized carbons (Fsp3) is 0.682. The zero-order valence-electron chi connectivity index (χ0n) is 18.7. The molecule has 2 atom stereocenters. The molecule has 1 heterocycles. The molecule has 1 N–H and O–H groups in total. The number of aliphatic imine (C=N–C) groups is 1. The van der Waals surface area contributed by atoms with E-state index in [-0.39, 0.29) is 6.04 Å². The van der Waals surface area contributed by atoms with Crippen molar-refractivity contribution < 1.29 is 14.2 Å². The summed E-state index contributed by atoms with van der Waals surface area (Å²) in [5, 5.41) is 3.46. The molecule has 0 bridgehead atoms. The molecule has 1 aliphatic rings. The number of guanidine groups is 1. The standard InChI is InChI=1S/C22H38N4O3/c1-6-23-22(26-11-10-18(16-26)17-29-13-12-27-4)24-15-21(25(2)3)19-8-7-9-20(14-19)28-5/h7-9,14,18,21H,6,10-13,15-17H2,1-5H3,(H,23,24). The Labute approximate surface area is 176 Å². The van der Waals surface area contributed by atoms with Gasteiger partial charge in [0.15, 0.2) is 5.96 Å². The van der Waals surface area contributed by atoms with Gasteiger partial charge in [-0.1, -0.05) is 12.1 Å². The quantitative estimate of drug-likeness (QED) is 0.346. The second kappa shape index (κ2) is 12.7. The summed E-state index contributed by atoms with van der Waals surface area (Å²) in [5.74, 6) is 2.40. The van der Waals surface area contributed by atoms with Crippen molar-refractivity contribution in [2.75, 3.05) is 74.3 Å². The lowest BCUT2D eigenvalue weighted by Crippen LogP contribution is -2.41. The summed E-state index contributed by atoms with van der Waals surface area (Å²) in [6, 6.07) is 8.43. The van der Waals surface area contributed by atoms with E-state index < -0.39 is 0 Å². The smallest absolute Gasteiger partial charge is 0.193 e. The number of nitrogens with one attached hydrogen (secondary N) is 1. The molecule has 29 heavy (non-hydrogen) atoms. The molecule has 0 aliphatic carbocycles. The van der Waals surface area contributed by atoms with Gasteiger partial charge in [0.25, 0.3) is 0 Å². The molecule has 7 nitrogen and oxygen atoms in total. The largest absolute Gasteiger partial charge is 0.497 e. The van der Waals surface area contributed by atoms with Crippen molar-refractivity contribution in [2.45, 2.75) is 19.4 Å². The van der Waals surface area contributed by atoms with E-state index >= 15 is 0 Å². The fourth-order valence-corrected chi connectivity index (χ4v) is 3.57. The monoisotopic (exact) mass is 406 g/mol. The first-order valence-corrected chi connectivity index (χ1v) is 10.5. The van der Waals surface area contributed by atoms with Gasteiger partial charge in [0.2, 0.25) is 0 Å². The van der Waals surface area contributed by atoms with Gasteiger partial charge in [-0.3, -0.25) is 4.99 Å². The molecule has 0 spiro atoms. The zero-order valence-corrected chi connectivity index (χ0v) is 18.7. The summed E-state index contributed by atoms with van der Waals surface area (Å²) >= 11 is 0. The van der Waals surface area contributed by atoms with Crippen LogP contribution >= 0.6 is 0 Å². The predicted octanol–water partition coefficient (Wildman–Crippen LogP) is 2.25. The van der Waals surface area contributed by atoms with Crippen molar-refractivity contribution in [1.29, 1.82) is 0 Å². The normalized spacial score (nSPS) is 18.3. The number of methoxy groups -OCH3 is 2. The maximum absolute atomic E-state index is 5.72. The van der Waals surface area contributed by atoms with E-state index in [4.69, 9.17) is 19.2 Å². The summed E-state index contributed by atoms with van der Waals surface area (Å²) in [7, 11) is 7.59. The first kappa shape index (κ1) is 23.4. The second-order valence-electron chi connectivity index (χ2n) is 7.62. The maximum atomic E-state index is 5.72. The Balaban J connectivity index is 2.01. The molecule has 1 aromatic rings. The molecule has 0 amide bonds. The van der Waals surface area contributed by atoms with Gasteiger partial charge in [-0.25, -0.2) is 0 Å². The van der Waals surface area contributed by atoms with Crippen molar-refractivity contribution in [1.82, 2.24) is 15.1 Å². The van der Waals surface area contributed by atoms with E-state index in [0.29, 0.717) is 25.7 Å². The van der Waals surface area contributed by atoms with E-state index in [1.54, 1.807) is 14.2 Å². The van der Waals surface area contributed by atoms with Gasteiger partial charge < -0.3 is 29.3 Å². The van der Waals surface area contributed by atoms with Gasteiger partial charge in [0.1, 0.15) is 5.75 Å². The molecular formula is C22H38N4O3. The zero-order chi connectivity index (χ0) is 21.1. The number of hydrogen-bond donors (Lipinski definition) is 1. The highest BCUT2D eigenvalue weighted by Gasteiger charge is 2.25. The highest BCUT2D eigenvalue weighted by atomic mass is 16.5. The molecule has 1 aromatic carbocycles. The fourth-order valence-electron chi connectivity index (χ4n) is 3.57. The van der Waals surface area contributed by atoms with Crippen LogP contribution < -0.4 is 10.1 Å². The van der Waals surface area contributed by atoms with E-state index in [2.05, 4.69) is 48.3 Å². The van der Waals surface area contributed by atoms with E-state index in [1.165, 1.54) is 5.56 Å². The van der Waals surface area contributed by atoms with Crippen LogP contribution in [0.5, 0.6) is 5.75 Å². The van der Waals surface area contributed by atoms with Crippen LogP contribution in [0.3, 0.4) is 0 Å². The van der Waals surface area contributed by atoms with Crippen LogP contribution in [-0.4, -0.2) is 90.1 Å². The lowest BCUT2D eigenvalue weighted by Gasteiger charge is -2.26. The summed E-state index contributed by atoms with van der Waals surface area (Å²) < 4.78 is 16.2. The Morgan fingerprint density at radius 1 is 1.31 bits per heavy atom. The van der Waals surface area contributed by atoms with Gasteiger partial charge in [-0.15, -0.1) is 0 Å². The van der Waals surface area contributed by atoms with Crippen LogP contribution in [-0.2, 0) is 9.47 Å². The Kier molecular flexibility index (Phi) is 10.2. The summed E-state index contributed by atoms with van der Waals surface area (Å²) in [6.07, 6.45) is 1.13. The van der Waals surface area contributed by atoms with Gasteiger partial charge in [-0.05, 0) is 45.1 Å². The molecule has 1 aliphatic heterocycles. The molecule has 0 saturated carbocycles. The minimum absolute atomic E-state index is 0.189. The first-order valence-electron chi connectivity index (χ1n) is 10.5. The maximum Gasteiger partial charge on any atom is 0.193 e. The van der Waals surface area contributed by atoms with Crippen LogP contribution in [0.4, 0.5) is 0 Å². The first-order chi connectivity index (χ1) is 14.1. The lowest BCUT2D eigenvalue weighted by molar-refractivity contribution is 0.0536. The molecular weight excluding hydrogens is 368 g/mol. The molecule has 164 valence electrons. The van der Waals surface area contributed by atoms with E-state index in [0.717, 1.165) is 44.4 Å². The summed E-state index contributed by atoms with van der Waals surface area (Å²) in [5.41, 5.74) is 1.21. The molecule has 0 aromatic heterocycles. The number of ether oxygens (including phenoxy) is 3. The summed E-state index contributed by atoms with van der Waals surface area (Å²) in [6.45, 7) is 7.74. The second-order valence-corrected chi connectivity index (χ2v) is 7.62. The Morgan fingerprint density at radius 3 is 2.83 bits per heavy atom. The molecule has 2 rings (SSSR count). The summed E-state index contributed by atoms with van der Waals surface area (Å²) in [4.78, 5) is 9.54. The molecule has 0 radical (unpaired) electrons. The highest BCUT2D eigenvalue weighted by Crippen LogP contribution is 2.23. The van der Waals surface area contributed by atoms with Gasteiger partial charge in [-0.2, -0.15) is 0 Å². The van der Waals surface area contributed by atoms with Gasteiger partial charge in [0, 0.05) is 32.7 Å². The minimum Gasteiger partial charge on any atom is -0.497 e. The number of benzene rings is 1. The van der Waals surface area contributed by atoms with Crippen molar-refractivity contribution >= 4 is 5.96 Å². The van der Waals surface area contributed by atoms with Crippen molar-refractivity contribution in [3.63, 3.8) is 0 Å². The average Bonchev–Trinajstić information content (AvgIpc) is 3.19. The van der Waals surface area contributed by atoms with Gasteiger partial charge >= 0.3 is 0 Å². The van der Waals surface area contributed by atoms with Crippen LogP contribution in [0.25, 0.3) is 0 Å². The van der Waals surface area contributed by atoms with E-state index in [1.807, 2.05) is 12.1 Å². The Hall–Kier alpha value is -1.83. The van der Waals surface area contributed by atoms with Crippen LogP contribution in [0.15, 0.2) is 29.3 Å². The third-order valence-electron chi connectivity index (χ3n) is 5.22. The number of rotatable bonds is 11. The number of likely N-dealkylation sites (N-methyl/N-ethyl adjacent to an activating group) is 1. The van der Waals surface area contributed by atoms with E-state index in [9.17, 15) is 0 Å². The highest BCUT2D eigenvalue weighted by molar-refractivity contribution is 5.80. The molecule has 1 fully saturated rings. The number of likely N-dealkylation sites (tertiary alicyclic amines) is 1. The van der Waals surface area contributed by atoms with Crippen molar-refractivity contribution in [3.8, 4) is 5.75 Å². The minimum atomic E-state index is 0.189. The van der Waals surface area contributed by atoms with Crippen LogP contribution in [0, 0.1) is 5.92 Å². The lowest BCUT2D eigenvalue weighted by atomic mass is 10.1. The number of hydrogen-bond acceptors (Lipinski definition) is 5. The van der Waals surface area contributed by atoms with Crippen molar-refractivity contribution in [2.24, 2.45) is 10.9 Å². The van der Waals surface area contributed by atoms with Crippen LogP contribution in [0.1, 0.15) is 24.9 Å². The third-order valence-corrected chi connectivity index (χ3v) is 5.22. The Morgan fingerprint density at radius 2 is 2.14 bits per heavy atom. The topological polar surface area (TPSA) is 58.6 Å². The SMILES string of the molecule is CCNC(=NCC(c1cccc(OC)c1)N(C)C)N1CCC(COCCOC)C1. The third kappa shape index (κ3) is 7.49. The van der Waals surface area contributed by atoms with Gasteiger partial charge in [0.05, 0.1) is 39.5 Å². The van der Waals surface area contributed by atoms with Crippen LogP contribution in [0.2, 0.25) is 0 Å². The average molecular weight is 407 g/mol. The molecule has 1 saturated heterocycles.